The molecule has 0 radical (unpaired) electrons. The largest absolute Gasteiger partial charge is 0.507 e. The van der Waals surface area contributed by atoms with Gasteiger partial charge in [0, 0.05) is 31.6 Å². The SMILES string of the molecule is COCCN1C(=O)C(=O)C(=C(O)c2cc(C)ccc2C)C1c1ccncc1. The van der Waals surface area contributed by atoms with E-state index in [2.05, 4.69) is 4.98 Å². The van der Waals surface area contributed by atoms with Gasteiger partial charge in [-0.3, -0.25) is 14.6 Å². The van der Waals surface area contributed by atoms with Crippen molar-refractivity contribution in [2.24, 2.45) is 0 Å². The Morgan fingerprint density at radius 3 is 2.56 bits per heavy atom. The summed E-state index contributed by atoms with van der Waals surface area (Å²) in [5.74, 6) is -1.48. The maximum absolute atomic E-state index is 12.8. The monoisotopic (exact) mass is 366 g/mol. The van der Waals surface area contributed by atoms with Crippen LogP contribution in [0.1, 0.15) is 28.3 Å². The van der Waals surface area contributed by atoms with Gasteiger partial charge in [-0.05, 0) is 43.2 Å². The number of hydrogen-bond donors (Lipinski definition) is 1. The molecule has 1 aliphatic rings. The lowest BCUT2D eigenvalue weighted by atomic mass is 9.94. The summed E-state index contributed by atoms with van der Waals surface area (Å²) in [4.78, 5) is 30.9. The van der Waals surface area contributed by atoms with Gasteiger partial charge < -0.3 is 14.7 Å². The van der Waals surface area contributed by atoms with Crippen molar-refractivity contribution < 1.29 is 19.4 Å². The molecule has 1 saturated heterocycles. The van der Waals surface area contributed by atoms with Gasteiger partial charge in [0.25, 0.3) is 11.7 Å². The average Bonchev–Trinajstić information content (AvgIpc) is 2.93. The van der Waals surface area contributed by atoms with Crippen molar-refractivity contribution >= 4 is 17.4 Å². The Labute approximate surface area is 158 Å². The Kier molecular flexibility index (Phi) is 5.37. The second-order valence-electron chi connectivity index (χ2n) is 6.58. The number of amides is 1. The Morgan fingerprint density at radius 1 is 1.19 bits per heavy atom. The molecule has 1 atom stereocenters. The van der Waals surface area contributed by atoms with E-state index < -0.39 is 17.7 Å². The van der Waals surface area contributed by atoms with Crippen molar-refractivity contribution in [1.82, 2.24) is 9.88 Å². The first-order chi connectivity index (χ1) is 13.0. The molecule has 0 spiro atoms. The van der Waals surface area contributed by atoms with Crippen LogP contribution in [0.5, 0.6) is 0 Å². The van der Waals surface area contributed by atoms with Crippen LogP contribution in [0, 0.1) is 13.8 Å². The number of carbonyl (C=O) groups excluding carboxylic acids is 2. The summed E-state index contributed by atoms with van der Waals surface area (Å²) in [6.45, 7) is 4.31. The number of pyridine rings is 1. The second kappa shape index (κ2) is 7.72. The van der Waals surface area contributed by atoms with Crippen LogP contribution in [-0.4, -0.2) is 46.9 Å². The number of aromatic nitrogens is 1. The van der Waals surface area contributed by atoms with Gasteiger partial charge in [0.2, 0.25) is 0 Å². The molecule has 2 aromatic rings. The first-order valence-electron chi connectivity index (χ1n) is 8.70. The highest BCUT2D eigenvalue weighted by Crippen LogP contribution is 2.39. The van der Waals surface area contributed by atoms with Gasteiger partial charge in [-0.2, -0.15) is 0 Å². The van der Waals surface area contributed by atoms with Crippen LogP contribution in [0.3, 0.4) is 0 Å². The van der Waals surface area contributed by atoms with E-state index >= 15 is 0 Å². The second-order valence-corrected chi connectivity index (χ2v) is 6.58. The maximum Gasteiger partial charge on any atom is 0.295 e. The highest BCUT2D eigenvalue weighted by Gasteiger charge is 2.45. The summed E-state index contributed by atoms with van der Waals surface area (Å²) in [5.41, 5.74) is 3.15. The zero-order chi connectivity index (χ0) is 19.6. The predicted octanol–water partition coefficient (Wildman–Crippen LogP) is 2.77. The molecular formula is C21H22N2O4. The minimum Gasteiger partial charge on any atom is -0.507 e. The molecule has 1 fully saturated rings. The van der Waals surface area contributed by atoms with E-state index in [1.807, 2.05) is 32.0 Å². The van der Waals surface area contributed by atoms with E-state index in [9.17, 15) is 14.7 Å². The van der Waals surface area contributed by atoms with Crippen LogP contribution < -0.4 is 0 Å². The predicted molar refractivity (Wildman–Crippen MR) is 101 cm³/mol. The number of hydrogen-bond acceptors (Lipinski definition) is 5. The number of aliphatic hydroxyl groups is 1. The molecule has 1 amide bonds. The normalized spacial score (nSPS) is 18.9. The molecule has 3 rings (SSSR count). The molecule has 6 nitrogen and oxygen atoms in total. The van der Waals surface area contributed by atoms with Crippen LogP contribution in [0.4, 0.5) is 0 Å². The standard InChI is InChI=1S/C21H22N2O4/c1-13-4-5-14(2)16(12-13)19(24)17-18(15-6-8-22-9-7-15)23(10-11-27-3)21(26)20(17)25/h4-9,12,18,24H,10-11H2,1-3H3. The van der Waals surface area contributed by atoms with Gasteiger partial charge in [0.1, 0.15) is 5.76 Å². The van der Waals surface area contributed by atoms with Crippen LogP contribution in [0.2, 0.25) is 0 Å². The quantitative estimate of drug-likeness (QED) is 0.500. The molecule has 0 bridgehead atoms. The minimum atomic E-state index is -0.689. The minimum absolute atomic E-state index is 0.0935. The van der Waals surface area contributed by atoms with Crippen LogP contribution in [-0.2, 0) is 14.3 Å². The summed E-state index contributed by atoms with van der Waals surface area (Å²) in [5, 5.41) is 11.0. The van der Waals surface area contributed by atoms with E-state index in [-0.39, 0.29) is 24.5 Å². The van der Waals surface area contributed by atoms with E-state index in [0.717, 1.165) is 11.1 Å². The number of rotatable bonds is 5. The van der Waals surface area contributed by atoms with E-state index in [4.69, 9.17) is 4.74 Å². The maximum atomic E-state index is 12.8. The Morgan fingerprint density at radius 2 is 1.89 bits per heavy atom. The third-order valence-electron chi connectivity index (χ3n) is 4.75. The lowest BCUT2D eigenvalue weighted by Gasteiger charge is -2.25. The van der Waals surface area contributed by atoms with Gasteiger partial charge in [-0.15, -0.1) is 0 Å². The zero-order valence-electron chi connectivity index (χ0n) is 15.6. The number of benzene rings is 1. The lowest BCUT2D eigenvalue weighted by molar-refractivity contribution is -0.140. The fourth-order valence-electron chi connectivity index (χ4n) is 3.33. The molecule has 0 saturated carbocycles. The number of ketones is 1. The third-order valence-corrected chi connectivity index (χ3v) is 4.75. The molecule has 140 valence electrons. The van der Waals surface area contributed by atoms with Crippen LogP contribution >= 0.6 is 0 Å². The summed E-state index contributed by atoms with van der Waals surface area (Å²) in [6.07, 6.45) is 3.20. The molecular weight excluding hydrogens is 344 g/mol. The summed E-state index contributed by atoms with van der Waals surface area (Å²) >= 11 is 0. The van der Waals surface area contributed by atoms with Crippen molar-refractivity contribution in [2.75, 3.05) is 20.3 Å². The highest BCUT2D eigenvalue weighted by atomic mass is 16.5. The fraction of sp³-hybridized carbons (Fsp3) is 0.286. The number of aryl methyl sites for hydroxylation is 2. The summed E-state index contributed by atoms with van der Waals surface area (Å²) in [6, 6.07) is 8.44. The number of likely N-dealkylation sites (tertiary alicyclic amines) is 1. The molecule has 1 aliphatic heterocycles. The fourth-order valence-corrected chi connectivity index (χ4v) is 3.33. The number of Topliss-reactive ketones (excluding diaryl/α,β-unsaturated/α-hetero) is 1. The topological polar surface area (TPSA) is 79.7 Å². The third kappa shape index (κ3) is 3.48. The zero-order valence-corrected chi connectivity index (χ0v) is 15.6. The van der Waals surface area contributed by atoms with Gasteiger partial charge in [-0.25, -0.2) is 0 Å². The van der Waals surface area contributed by atoms with Crippen molar-refractivity contribution in [1.29, 1.82) is 0 Å². The first kappa shape index (κ1) is 18.8. The van der Waals surface area contributed by atoms with Gasteiger partial charge in [-0.1, -0.05) is 17.7 Å². The Hall–Kier alpha value is -2.99. The van der Waals surface area contributed by atoms with Gasteiger partial charge in [0.15, 0.2) is 0 Å². The molecule has 1 aromatic heterocycles. The van der Waals surface area contributed by atoms with Gasteiger partial charge >= 0.3 is 0 Å². The molecule has 6 heteroatoms. The molecule has 1 aromatic carbocycles. The molecule has 2 heterocycles. The van der Waals surface area contributed by atoms with Crippen LogP contribution in [0.15, 0.2) is 48.3 Å². The average molecular weight is 366 g/mol. The van der Waals surface area contributed by atoms with Crippen molar-refractivity contribution in [2.45, 2.75) is 19.9 Å². The number of nitrogens with zero attached hydrogens (tertiary/aromatic N) is 2. The van der Waals surface area contributed by atoms with Crippen molar-refractivity contribution in [3.8, 4) is 0 Å². The summed E-state index contributed by atoms with van der Waals surface area (Å²) in [7, 11) is 1.54. The van der Waals surface area contributed by atoms with E-state index in [1.165, 1.54) is 12.0 Å². The summed E-state index contributed by atoms with van der Waals surface area (Å²) < 4.78 is 5.09. The molecule has 27 heavy (non-hydrogen) atoms. The highest BCUT2D eigenvalue weighted by molar-refractivity contribution is 6.46. The number of aliphatic hydroxyl groups excluding tert-OH is 1. The van der Waals surface area contributed by atoms with Gasteiger partial charge in [0.05, 0.1) is 18.2 Å². The molecule has 1 unspecified atom stereocenters. The number of methoxy groups -OCH3 is 1. The number of carbonyl (C=O) groups is 2. The lowest BCUT2D eigenvalue weighted by Crippen LogP contribution is -2.32. The van der Waals surface area contributed by atoms with Crippen molar-refractivity contribution in [3.05, 3.63) is 70.6 Å². The Balaban J connectivity index is 2.20. The smallest absolute Gasteiger partial charge is 0.295 e. The first-order valence-corrected chi connectivity index (χ1v) is 8.70. The van der Waals surface area contributed by atoms with Crippen molar-refractivity contribution in [3.63, 3.8) is 0 Å². The van der Waals surface area contributed by atoms with E-state index in [0.29, 0.717) is 11.1 Å². The van der Waals surface area contributed by atoms with E-state index in [1.54, 1.807) is 24.5 Å². The Bertz CT molecular complexity index is 906. The van der Waals surface area contributed by atoms with Crippen LogP contribution in [0.25, 0.3) is 5.76 Å². The number of ether oxygens (including phenoxy) is 1. The molecule has 0 aliphatic carbocycles. The molecule has 1 N–H and O–H groups in total.